The summed E-state index contributed by atoms with van der Waals surface area (Å²) in [6.07, 6.45) is 4.35. The standard InChI is InChI=1S/C27H30BrN5O5/c28-17-13-21(27(36)31-10-4-1-5-11-31)25(23(14-17)33(37)38)29-18-7-6-12-32(16-18)26(35)20-15-24(34)30-22-9-3-2-8-19(20)22/h2-3,8-9,13-14,18,20,29H,1,4-7,10-12,15-16H2,(H,30,34)/t18-,20+/m1/s1. The Labute approximate surface area is 229 Å². The van der Waals surface area contributed by atoms with Crippen molar-refractivity contribution in [3.63, 3.8) is 0 Å². The average Bonchev–Trinajstić information content (AvgIpc) is 2.93. The highest BCUT2D eigenvalue weighted by Gasteiger charge is 2.36. The summed E-state index contributed by atoms with van der Waals surface area (Å²) < 4.78 is 0.463. The highest BCUT2D eigenvalue weighted by atomic mass is 79.9. The van der Waals surface area contributed by atoms with Crippen molar-refractivity contribution in [3.05, 3.63) is 62.1 Å². The molecule has 2 fully saturated rings. The summed E-state index contributed by atoms with van der Waals surface area (Å²) in [6, 6.07) is 10.1. The van der Waals surface area contributed by atoms with Crippen LogP contribution < -0.4 is 10.6 Å². The maximum Gasteiger partial charge on any atom is 0.294 e. The topological polar surface area (TPSA) is 125 Å². The van der Waals surface area contributed by atoms with E-state index in [1.165, 1.54) is 6.07 Å². The lowest BCUT2D eigenvalue weighted by Gasteiger charge is -2.37. The number of benzene rings is 2. The number of anilines is 2. The maximum atomic E-state index is 13.6. The number of carbonyl (C=O) groups excluding carboxylic acids is 3. The quantitative estimate of drug-likeness (QED) is 0.394. The Morgan fingerprint density at radius 1 is 1.05 bits per heavy atom. The number of amides is 3. The first-order chi connectivity index (χ1) is 18.3. The minimum atomic E-state index is -0.572. The zero-order valence-corrected chi connectivity index (χ0v) is 22.5. The van der Waals surface area contributed by atoms with E-state index in [2.05, 4.69) is 26.6 Å². The highest BCUT2D eigenvalue weighted by Crippen LogP contribution is 2.37. The van der Waals surface area contributed by atoms with Crippen LogP contribution >= 0.6 is 15.9 Å². The van der Waals surface area contributed by atoms with Crippen molar-refractivity contribution in [2.45, 2.75) is 50.5 Å². The van der Waals surface area contributed by atoms with Crippen LogP contribution in [-0.2, 0) is 9.59 Å². The van der Waals surface area contributed by atoms with Gasteiger partial charge in [-0.05, 0) is 49.8 Å². The van der Waals surface area contributed by atoms with Crippen LogP contribution in [0.1, 0.15) is 60.4 Å². The number of hydrogen-bond acceptors (Lipinski definition) is 6. The molecule has 2 N–H and O–H groups in total. The summed E-state index contributed by atoms with van der Waals surface area (Å²) in [5.41, 5.74) is 1.72. The smallest absolute Gasteiger partial charge is 0.294 e. The Bertz CT molecular complexity index is 1280. The second-order valence-electron chi connectivity index (χ2n) is 10.1. The van der Waals surface area contributed by atoms with Gasteiger partial charge < -0.3 is 20.4 Å². The molecule has 2 saturated heterocycles. The predicted molar refractivity (Wildman–Crippen MR) is 146 cm³/mol. The number of nitro benzene ring substituents is 1. The normalized spacial score (nSPS) is 21.3. The molecule has 11 heteroatoms. The van der Waals surface area contributed by atoms with E-state index in [0.717, 1.165) is 24.8 Å². The van der Waals surface area contributed by atoms with Crippen molar-refractivity contribution in [1.82, 2.24) is 9.80 Å². The maximum absolute atomic E-state index is 13.6. The fraction of sp³-hybridized carbons (Fsp3) is 0.444. The van der Waals surface area contributed by atoms with Gasteiger partial charge in [-0.3, -0.25) is 24.5 Å². The number of fused-ring (bicyclic) bond motifs is 1. The molecule has 2 aromatic rings. The molecular formula is C27H30BrN5O5. The van der Waals surface area contributed by atoms with Gasteiger partial charge in [0.05, 0.1) is 16.4 Å². The summed E-state index contributed by atoms with van der Waals surface area (Å²) in [7, 11) is 0. The molecule has 0 spiro atoms. The number of nitrogens with zero attached hydrogens (tertiary/aromatic N) is 3. The molecule has 2 aromatic carbocycles. The lowest BCUT2D eigenvalue weighted by molar-refractivity contribution is -0.384. The summed E-state index contributed by atoms with van der Waals surface area (Å²) in [4.78, 5) is 54.4. The minimum Gasteiger partial charge on any atom is -0.374 e. The molecule has 38 heavy (non-hydrogen) atoms. The van der Waals surface area contributed by atoms with Gasteiger partial charge in [-0.2, -0.15) is 0 Å². The summed E-state index contributed by atoms with van der Waals surface area (Å²) in [5.74, 6) is -1.13. The molecular weight excluding hydrogens is 554 g/mol. The molecule has 2 atom stereocenters. The third kappa shape index (κ3) is 5.38. The predicted octanol–water partition coefficient (Wildman–Crippen LogP) is 4.51. The zero-order valence-electron chi connectivity index (χ0n) is 21.0. The molecule has 3 heterocycles. The average molecular weight is 584 g/mol. The van der Waals surface area contributed by atoms with E-state index in [4.69, 9.17) is 0 Å². The van der Waals surface area contributed by atoms with Crippen molar-refractivity contribution >= 4 is 50.7 Å². The molecule has 10 nitrogen and oxygen atoms in total. The van der Waals surface area contributed by atoms with Crippen LogP contribution in [0.3, 0.4) is 0 Å². The molecule has 3 aliphatic rings. The van der Waals surface area contributed by atoms with Gasteiger partial charge in [-0.1, -0.05) is 34.1 Å². The lowest BCUT2D eigenvalue weighted by Crippen LogP contribution is -2.48. The number of halogens is 1. The fourth-order valence-electron chi connectivity index (χ4n) is 5.68. The highest BCUT2D eigenvalue weighted by molar-refractivity contribution is 9.10. The van der Waals surface area contributed by atoms with Gasteiger partial charge in [0.2, 0.25) is 11.8 Å². The largest absolute Gasteiger partial charge is 0.374 e. The van der Waals surface area contributed by atoms with Crippen LogP contribution in [0.2, 0.25) is 0 Å². The molecule has 3 aliphatic heterocycles. The number of nitrogens with one attached hydrogen (secondary N) is 2. The Kier molecular flexibility index (Phi) is 7.64. The third-order valence-corrected chi connectivity index (χ3v) is 7.99. The van der Waals surface area contributed by atoms with Crippen molar-refractivity contribution < 1.29 is 19.3 Å². The van der Waals surface area contributed by atoms with E-state index in [9.17, 15) is 24.5 Å². The molecule has 0 aromatic heterocycles. The fourth-order valence-corrected chi connectivity index (χ4v) is 6.12. The van der Waals surface area contributed by atoms with Gasteiger partial charge in [-0.25, -0.2) is 0 Å². The minimum absolute atomic E-state index is 0.0805. The van der Waals surface area contributed by atoms with E-state index in [1.807, 2.05) is 18.2 Å². The summed E-state index contributed by atoms with van der Waals surface area (Å²) >= 11 is 3.34. The van der Waals surface area contributed by atoms with Crippen LogP contribution in [0.25, 0.3) is 0 Å². The number of likely N-dealkylation sites (tertiary alicyclic amines) is 2. The van der Waals surface area contributed by atoms with Crippen LogP contribution in [-0.4, -0.2) is 64.7 Å². The van der Waals surface area contributed by atoms with E-state index in [0.29, 0.717) is 49.2 Å². The third-order valence-electron chi connectivity index (χ3n) is 7.53. The van der Waals surface area contributed by atoms with E-state index in [1.54, 1.807) is 21.9 Å². The molecule has 3 amide bonds. The number of hydrogen-bond donors (Lipinski definition) is 2. The molecule has 5 rings (SSSR count). The van der Waals surface area contributed by atoms with Gasteiger partial charge >= 0.3 is 0 Å². The first kappa shape index (κ1) is 26.1. The van der Waals surface area contributed by atoms with Gasteiger partial charge in [0, 0.05) is 54.9 Å². The van der Waals surface area contributed by atoms with Crippen LogP contribution in [0.4, 0.5) is 17.1 Å². The van der Waals surface area contributed by atoms with Crippen molar-refractivity contribution in [3.8, 4) is 0 Å². The molecule has 0 radical (unpaired) electrons. The lowest BCUT2D eigenvalue weighted by atomic mass is 9.88. The summed E-state index contributed by atoms with van der Waals surface area (Å²) in [6.45, 7) is 2.12. The number of carbonyl (C=O) groups is 3. The second kappa shape index (κ2) is 11.1. The number of piperidine rings is 2. The Morgan fingerprint density at radius 3 is 2.55 bits per heavy atom. The van der Waals surface area contributed by atoms with E-state index >= 15 is 0 Å². The second-order valence-corrected chi connectivity index (χ2v) is 11.0. The van der Waals surface area contributed by atoms with Gasteiger partial charge in [0.25, 0.3) is 11.6 Å². The number of para-hydroxylation sites is 1. The van der Waals surface area contributed by atoms with E-state index in [-0.39, 0.29) is 47.1 Å². The first-order valence-electron chi connectivity index (χ1n) is 13.0. The molecule has 0 bridgehead atoms. The van der Waals surface area contributed by atoms with Gasteiger partial charge in [-0.15, -0.1) is 0 Å². The first-order valence-corrected chi connectivity index (χ1v) is 13.8. The van der Waals surface area contributed by atoms with Crippen LogP contribution in [0.15, 0.2) is 40.9 Å². The van der Waals surface area contributed by atoms with Gasteiger partial charge in [0.15, 0.2) is 0 Å². The monoisotopic (exact) mass is 583 g/mol. The molecule has 0 saturated carbocycles. The van der Waals surface area contributed by atoms with Crippen molar-refractivity contribution in [2.24, 2.45) is 0 Å². The van der Waals surface area contributed by atoms with Gasteiger partial charge in [0.1, 0.15) is 5.69 Å². The number of rotatable bonds is 5. The Morgan fingerprint density at radius 2 is 1.79 bits per heavy atom. The zero-order chi connectivity index (χ0) is 26.8. The van der Waals surface area contributed by atoms with Crippen molar-refractivity contribution in [1.29, 1.82) is 0 Å². The number of nitro groups is 1. The molecule has 200 valence electrons. The summed E-state index contributed by atoms with van der Waals surface area (Å²) in [5, 5.41) is 18.1. The van der Waals surface area contributed by atoms with Crippen LogP contribution in [0, 0.1) is 10.1 Å². The van der Waals surface area contributed by atoms with E-state index < -0.39 is 10.8 Å². The molecule has 0 unspecified atom stereocenters. The van der Waals surface area contributed by atoms with Crippen LogP contribution in [0.5, 0.6) is 0 Å². The SMILES string of the molecule is O=C1C[C@H](C(=O)N2CCC[C@@H](Nc3c(C(=O)N4CCCCC4)cc(Br)cc3[N+](=O)[O-])C2)c2ccccc2N1. The Balaban J connectivity index is 1.39. The molecule has 0 aliphatic carbocycles. The van der Waals surface area contributed by atoms with Crippen molar-refractivity contribution in [2.75, 3.05) is 36.8 Å². The Hall–Kier alpha value is -3.47.